The molecule has 2 unspecified atom stereocenters. The Morgan fingerprint density at radius 3 is 2.71 bits per heavy atom. The van der Waals surface area contributed by atoms with Crippen LogP contribution in [0.4, 0.5) is 0 Å². The molecule has 160 valence electrons. The Hall–Kier alpha value is -2.80. The number of pyridine rings is 2. The number of ether oxygens (including phenoxy) is 2. The number of fused-ring (bicyclic) bond motifs is 1. The maximum absolute atomic E-state index is 11.0. The van der Waals surface area contributed by atoms with Gasteiger partial charge in [-0.25, -0.2) is 4.98 Å². The second kappa shape index (κ2) is 8.75. The second-order valence-electron chi connectivity index (χ2n) is 8.30. The molecule has 2 aliphatic heterocycles. The van der Waals surface area contributed by atoms with Gasteiger partial charge in [0.25, 0.3) is 0 Å². The molecule has 0 saturated carbocycles. The van der Waals surface area contributed by atoms with E-state index in [2.05, 4.69) is 40.3 Å². The van der Waals surface area contributed by atoms with Crippen molar-refractivity contribution >= 4 is 0 Å². The van der Waals surface area contributed by atoms with Crippen molar-refractivity contribution in [1.82, 2.24) is 14.9 Å². The number of hydrogen-bond acceptors (Lipinski definition) is 6. The molecule has 2 aliphatic rings. The Labute approximate surface area is 182 Å². The molecule has 2 atom stereocenters. The van der Waals surface area contributed by atoms with E-state index < -0.39 is 6.23 Å². The van der Waals surface area contributed by atoms with E-state index in [1.807, 2.05) is 30.2 Å². The average molecular weight is 418 g/mol. The Balaban J connectivity index is 1.27. The molecule has 2 aromatic heterocycles. The molecule has 0 bridgehead atoms. The second-order valence-corrected chi connectivity index (χ2v) is 8.30. The van der Waals surface area contributed by atoms with Crippen LogP contribution < -0.4 is 4.74 Å². The smallest absolute Gasteiger partial charge is 0.221 e. The Kier molecular flexibility index (Phi) is 5.68. The molecule has 3 aromatic rings. The summed E-state index contributed by atoms with van der Waals surface area (Å²) in [6.45, 7) is 4.59. The predicted molar refractivity (Wildman–Crippen MR) is 117 cm³/mol. The molecule has 0 radical (unpaired) electrons. The van der Waals surface area contributed by atoms with Crippen molar-refractivity contribution in [2.45, 2.75) is 45.2 Å². The molecule has 1 aromatic carbocycles. The highest BCUT2D eigenvalue weighted by Gasteiger charge is 2.32. The van der Waals surface area contributed by atoms with Gasteiger partial charge in [-0.05, 0) is 60.2 Å². The van der Waals surface area contributed by atoms with Crippen LogP contribution in [0.25, 0.3) is 11.1 Å². The van der Waals surface area contributed by atoms with Gasteiger partial charge >= 0.3 is 0 Å². The first-order valence-corrected chi connectivity index (χ1v) is 10.8. The Morgan fingerprint density at radius 2 is 1.94 bits per heavy atom. The minimum absolute atomic E-state index is 0.120. The first kappa shape index (κ1) is 20.1. The molecule has 0 amide bonds. The van der Waals surface area contributed by atoms with Crippen molar-refractivity contribution in [2.24, 2.45) is 0 Å². The molecule has 6 nitrogen and oxygen atoms in total. The molecule has 0 aliphatic carbocycles. The van der Waals surface area contributed by atoms with Crippen molar-refractivity contribution in [1.29, 1.82) is 0 Å². The molecule has 5 rings (SSSR count). The highest BCUT2D eigenvalue weighted by Crippen LogP contribution is 2.38. The summed E-state index contributed by atoms with van der Waals surface area (Å²) in [4.78, 5) is 10.7. The quantitative estimate of drug-likeness (QED) is 0.654. The Bertz CT molecular complexity index is 1050. The topological polar surface area (TPSA) is 67.7 Å². The fraction of sp³-hybridized carbons (Fsp3) is 0.360. The molecule has 6 heteroatoms. The van der Waals surface area contributed by atoms with E-state index in [9.17, 15) is 5.11 Å². The molecule has 4 heterocycles. The van der Waals surface area contributed by atoms with Crippen LogP contribution in [0.3, 0.4) is 0 Å². The first-order valence-electron chi connectivity index (χ1n) is 10.8. The average Bonchev–Trinajstić information content (AvgIpc) is 3.41. The van der Waals surface area contributed by atoms with Crippen LogP contribution in [-0.2, 0) is 17.8 Å². The minimum Gasteiger partial charge on any atom is -0.475 e. The van der Waals surface area contributed by atoms with Crippen LogP contribution in [0.5, 0.6) is 5.88 Å². The van der Waals surface area contributed by atoms with E-state index in [0.29, 0.717) is 25.6 Å². The molecule has 31 heavy (non-hydrogen) atoms. The molecule has 1 N–H and O–H groups in total. The van der Waals surface area contributed by atoms with Crippen LogP contribution in [0.1, 0.15) is 41.5 Å². The van der Waals surface area contributed by atoms with E-state index in [4.69, 9.17) is 9.47 Å². The predicted octanol–water partition coefficient (Wildman–Crippen LogP) is 4.02. The largest absolute Gasteiger partial charge is 0.475 e. The summed E-state index contributed by atoms with van der Waals surface area (Å²) in [7, 11) is 0. The number of aliphatic hydroxyl groups is 1. The molecule has 1 fully saturated rings. The van der Waals surface area contributed by atoms with Crippen molar-refractivity contribution in [2.75, 3.05) is 13.2 Å². The third kappa shape index (κ3) is 4.32. The fourth-order valence-corrected chi connectivity index (χ4v) is 4.36. The normalized spacial score (nSPS) is 20.7. The van der Waals surface area contributed by atoms with Crippen LogP contribution in [0, 0.1) is 6.92 Å². The summed E-state index contributed by atoms with van der Waals surface area (Å²) in [6.07, 6.45) is 5.07. The lowest BCUT2D eigenvalue weighted by molar-refractivity contribution is 0.00444. The lowest BCUT2D eigenvalue weighted by Gasteiger charge is -2.21. The third-order valence-corrected chi connectivity index (χ3v) is 6.02. The standard InChI is InChI=1S/C25H27N3O3/c1-17-13-20(8-10-26-17)19-6-4-18(5-7-19)14-28-15-21-9-11-27-24(23(21)25(28)29)31-16-22-3-2-12-30-22/h4-11,13,22,25,29H,2-3,12,14-16H2,1H3. The van der Waals surface area contributed by atoms with Crippen molar-refractivity contribution < 1.29 is 14.6 Å². The zero-order valence-corrected chi connectivity index (χ0v) is 17.7. The highest BCUT2D eigenvalue weighted by atomic mass is 16.5. The summed E-state index contributed by atoms with van der Waals surface area (Å²) in [5, 5.41) is 11.0. The van der Waals surface area contributed by atoms with Gasteiger partial charge in [0.1, 0.15) is 12.8 Å². The van der Waals surface area contributed by atoms with Gasteiger partial charge < -0.3 is 14.6 Å². The summed E-state index contributed by atoms with van der Waals surface area (Å²) < 4.78 is 11.6. The minimum atomic E-state index is -0.731. The fourth-order valence-electron chi connectivity index (χ4n) is 4.36. The lowest BCUT2D eigenvalue weighted by atomic mass is 10.0. The van der Waals surface area contributed by atoms with E-state index in [-0.39, 0.29) is 6.10 Å². The zero-order chi connectivity index (χ0) is 21.2. The van der Waals surface area contributed by atoms with Crippen molar-refractivity contribution in [3.8, 4) is 17.0 Å². The third-order valence-electron chi connectivity index (χ3n) is 6.02. The number of nitrogens with zero attached hydrogens (tertiary/aromatic N) is 3. The number of aromatic nitrogens is 2. The number of rotatable bonds is 6. The van der Waals surface area contributed by atoms with Crippen molar-refractivity contribution in [3.05, 3.63) is 77.2 Å². The molecule has 0 spiro atoms. The van der Waals surface area contributed by atoms with Gasteiger partial charge in [-0.15, -0.1) is 0 Å². The Morgan fingerprint density at radius 1 is 1.10 bits per heavy atom. The maximum atomic E-state index is 11.0. The summed E-state index contributed by atoms with van der Waals surface area (Å²) >= 11 is 0. The van der Waals surface area contributed by atoms with Gasteiger partial charge in [0.2, 0.25) is 5.88 Å². The number of hydrogen-bond donors (Lipinski definition) is 1. The monoisotopic (exact) mass is 417 g/mol. The molecule has 1 saturated heterocycles. The SMILES string of the molecule is Cc1cc(-c2ccc(CN3Cc4ccnc(OCC5CCCO5)c4C3O)cc2)ccn1. The summed E-state index contributed by atoms with van der Waals surface area (Å²) in [6, 6.07) is 14.6. The molecular weight excluding hydrogens is 390 g/mol. The molecular formula is C25H27N3O3. The van der Waals surface area contributed by atoms with E-state index >= 15 is 0 Å². The van der Waals surface area contributed by atoms with E-state index in [0.717, 1.165) is 53.0 Å². The first-order chi connectivity index (χ1) is 15.2. The van der Waals surface area contributed by atoms with Gasteiger partial charge in [0.15, 0.2) is 0 Å². The van der Waals surface area contributed by atoms with Crippen LogP contribution >= 0.6 is 0 Å². The van der Waals surface area contributed by atoms with Gasteiger partial charge in [0, 0.05) is 37.8 Å². The van der Waals surface area contributed by atoms with Crippen LogP contribution in [0.2, 0.25) is 0 Å². The van der Waals surface area contributed by atoms with Gasteiger partial charge in [-0.2, -0.15) is 0 Å². The van der Waals surface area contributed by atoms with Crippen LogP contribution in [0.15, 0.2) is 54.9 Å². The van der Waals surface area contributed by atoms with E-state index in [1.54, 1.807) is 6.20 Å². The number of aliphatic hydroxyl groups excluding tert-OH is 1. The number of benzene rings is 1. The van der Waals surface area contributed by atoms with E-state index in [1.165, 1.54) is 0 Å². The van der Waals surface area contributed by atoms with Gasteiger partial charge in [-0.1, -0.05) is 24.3 Å². The summed E-state index contributed by atoms with van der Waals surface area (Å²) in [5.41, 5.74) is 6.32. The van der Waals surface area contributed by atoms with Gasteiger partial charge in [-0.3, -0.25) is 9.88 Å². The zero-order valence-electron chi connectivity index (χ0n) is 17.7. The van der Waals surface area contributed by atoms with Gasteiger partial charge in [0.05, 0.1) is 11.7 Å². The highest BCUT2D eigenvalue weighted by molar-refractivity contribution is 5.63. The number of aryl methyl sites for hydroxylation is 1. The van der Waals surface area contributed by atoms with Crippen LogP contribution in [-0.4, -0.2) is 39.3 Å². The van der Waals surface area contributed by atoms with Crippen molar-refractivity contribution in [3.63, 3.8) is 0 Å². The maximum Gasteiger partial charge on any atom is 0.221 e. The lowest BCUT2D eigenvalue weighted by Crippen LogP contribution is -2.22. The summed E-state index contributed by atoms with van der Waals surface area (Å²) in [5.74, 6) is 0.520.